The maximum Gasteiger partial charge on any atom is 0.194 e. The molecule has 200 valence electrons. The minimum atomic E-state index is -1.56. The molecule has 4 rings (SSSR count). The highest BCUT2D eigenvalue weighted by Crippen LogP contribution is 2.40. The van der Waals surface area contributed by atoms with Crippen molar-refractivity contribution >= 4 is 10.9 Å². The third kappa shape index (κ3) is 6.21. The molecule has 0 radical (unpaired) electrons. The van der Waals surface area contributed by atoms with Gasteiger partial charge in [-0.1, -0.05) is 0 Å². The van der Waals surface area contributed by atoms with Crippen LogP contribution in [0.3, 0.4) is 0 Å². The molecule has 1 aliphatic heterocycles. The summed E-state index contributed by atoms with van der Waals surface area (Å²) in [4.78, 5) is 6.24. The summed E-state index contributed by atoms with van der Waals surface area (Å²) in [5.41, 5.74) is 0.390. The van der Waals surface area contributed by atoms with E-state index in [0.717, 1.165) is 18.3 Å². The maximum atomic E-state index is 15.4. The van der Waals surface area contributed by atoms with Crippen molar-refractivity contribution in [3.05, 3.63) is 70.9 Å². The summed E-state index contributed by atoms with van der Waals surface area (Å²) in [5.74, 6) is -4.06. The van der Waals surface area contributed by atoms with Crippen molar-refractivity contribution in [1.82, 2.24) is 9.88 Å². The molecule has 0 amide bonds. The van der Waals surface area contributed by atoms with E-state index in [2.05, 4.69) is 9.88 Å². The van der Waals surface area contributed by atoms with E-state index in [0.29, 0.717) is 74.0 Å². The minimum Gasteiger partial charge on any atom is -0.497 e. The molecule has 3 aromatic rings. The Hall–Kier alpha value is -2.78. The topological polar surface area (TPSA) is 45.6 Å². The number of hydrogen-bond acceptors (Lipinski definition) is 4. The predicted octanol–water partition coefficient (Wildman–Crippen LogP) is 6.30. The van der Waals surface area contributed by atoms with Gasteiger partial charge in [0.25, 0.3) is 0 Å². The molecule has 0 bridgehead atoms. The zero-order valence-corrected chi connectivity index (χ0v) is 20.8. The zero-order valence-electron chi connectivity index (χ0n) is 20.8. The Kier molecular flexibility index (Phi) is 8.64. The molecule has 0 saturated carbocycles. The molecule has 1 aromatic heterocycles. The number of nitrogens with zero attached hydrogens (tertiary/aromatic N) is 2. The summed E-state index contributed by atoms with van der Waals surface area (Å²) in [6.07, 6.45) is 2.31. The van der Waals surface area contributed by atoms with Gasteiger partial charge in [-0.3, -0.25) is 4.98 Å². The van der Waals surface area contributed by atoms with Crippen molar-refractivity contribution in [3.8, 4) is 5.75 Å². The van der Waals surface area contributed by atoms with E-state index in [-0.39, 0.29) is 18.6 Å². The molecule has 1 fully saturated rings. The van der Waals surface area contributed by atoms with Gasteiger partial charge in [-0.15, -0.1) is 0 Å². The van der Waals surface area contributed by atoms with Crippen molar-refractivity contribution in [2.75, 3.05) is 33.4 Å². The van der Waals surface area contributed by atoms with Gasteiger partial charge in [0.2, 0.25) is 0 Å². The van der Waals surface area contributed by atoms with Crippen LogP contribution in [-0.4, -0.2) is 48.3 Å². The molecule has 0 aliphatic carbocycles. The average molecular weight is 523 g/mol. The lowest BCUT2D eigenvalue weighted by Crippen LogP contribution is -2.42. The molecular formula is C28H31F5N2O2. The van der Waals surface area contributed by atoms with Crippen molar-refractivity contribution in [3.63, 3.8) is 0 Å². The van der Waals surface area contributed by atoms with Crippen molar-refractivity contribution < 1.29 is 31.8 Å². The normalized spacial score (nSPS) is 16.7. The molecule has 37 heavy (non-hydrogen) atoms. The van der Waals surface area contributed by atoms with Crippen LogP contribution in [-0.2, 0) is 6.42 Å². The van der Waals surface area contributed by atoms with Crippen molar-refractivity contribution in [1.29, 1.82) is 0 Å². The number of alkyl halides is 1. The molecule has 1 atom stereocenters. The third-order valence-electron chi connectivity index (χ3n) is 7.55. The van der Waals surface area contributed by atoms with E-state index in [1.54, 1.807) is 18.2 Å². The number of halogens is 5. The number of fused-ring (bicyclic) bond motifs is 1. The van der Waals surface area contributed by atoms with Gasteiger partial charge in [0.15, 0.2) is 17.5 Å². The number of likely N-dealkylation sites (tertiary alicyclic amines) is 1. The van der Waals surface area contributed by atoms with Gasteiger partial charge in [0, 0.05) is 17.6 Å². The van der Waals surface area contributed by atoms with Gasteiger partial charge >= 0.3 is 0 Å². The number of aliphatic hydroxyl groups excluding tert-OH is 1. The van der Waals surface area contributed by atoms with Crippen molar-refractivity contribution in [2.45, 2.75) is 44.7 Å². The number of rotatable bonds is 10. The molecule has 2 aromatic carbocycles. The molecule has 4 nitrogen and oxygen atoms in total. The average Bonchev–Trinajstić information content (AvgIpc) is 2.90. The van der Waals surface area contributed by atoms with Gasteiger partial charge in [0.05, 0.1) is 18.8 Å². The van der Waals surface area contributed by atoms with E-state index < -0.39 is 34.9 Å². The highest BCUT2D eigenvalue weighted by molar-refractivity contribution is 5.84. The second-order valence-corrected chi connectivity index (χ2v) is 9.89. The predicted molar refractivity (Wildman–Crippen MR) is 131 cm³/mol. The summed E-state index contributed by atoms with van der Waals surface area (Å²) >= 11 is 0. The molecule has 1 N–H and O–H groups in total. The van der Waals surface area contributed by atoms with Gasteiger partial charge in [-0.25, -0.2) is 22.0 Å². The molecule has 0 unspecified atom stereocenters. The monoisotopic (exact) mass is 522 g/mol. The standard InChI is InChI=1S/C28H31F5N2O2/c1-37-19-4-5-25-20(15-19)26(24(32)16-34-25)21(29)6-7-28(17-36)8-11-35(12-9-28)10-2-3-18-13-22(30)27(33)23(31)14-18/h4-5,13-16,21,36H,2-3,6-12,17H2,1H3/t21-/m0/s1. The second-order valence-electron chi connectivity index (χ2n) is 9.89. The Morgan fingerprint density at radius 1 is 1.05 bits per heavy atom. The zero-order chi connectivity index (χ0) is 26.6. The Labute approximate surface area is 213 Å². The van der Waals surface area contributed by atoms with E-state index in [1.807, 2.05) is 0 Å². The highest BCUT2D eigenvalue weighted by Gasteiger charge is 2.35. The summed E-state index contributed by atoms with van der Waals surface area (Å²) in [7, 11) is 1.49. The van der Waals surface area contributed by atoms with Crippen LogP contribution >= 0.6 is 0 Å². The number of piperidine rings is 1. The van der Waals surface area contributed by atoms with Gasteiger partial charge in [-0.2, -0.15) is 0 Å². The summed E-state index contributed by atoms with van der Waals surface area (Å²) in [6, 6.07) is 6.97. The number of benzene rings is 2. The Morgan fingerprint density at radius 3 is 2.41 bits per heavy atom. The molecule has 9 heteroatoms. The Balaban J connectivity index is 1.32. The van der Waals surface area contributed by atoms with Gasteiger partial charge in [-0.05, 0) is 99.5 Å². The lowest BCUT2D eigenvalue weighted by Gasteiger charge is -2.41. The largest absolute Gasteiger partial charge is 0.497 e. The third-order valence-corrected chi connectivity index (χ3v) is 7.55. The number of ether oxygens (including phenoxy) is 1. The summed E-state index contributed by atoms with van der Waals surface area (Å²) in [5, 5.41) is 10.5. The first-order valence-corrected chi connectivity index (χ1v) is 12.5. The van der Waals surface area contributed by atoms with Crippen LogP contribution in [0.1, 0.15) is 49.4 Å². The first-order chi connectivity index (χ1) is 17.7. The molecular weight excluding hydrogens is 491 g/mol. The SMILES string of the molecule is COc1ccc2ncc(F)c([C@@H](F)CCC3(CO)CCN(CCCc4cc(F)c(F)c(F)c4)CC3)c2c1. The van der Waals surface area contributed by atoms with Crippen LogP contribution in [0, 0.1) is 28.7 Å². The summed E-state index contributed by atoms with van der Waals surface area (Å²) < 4.78 is 75.2. The smallest absolute Gasteiger partial charge is 0.194 e. The molecule has 2 heterocycles. The fourth-order valence-corrected chi connectivity index (χ4v) is 5.19. The lowest BCUT2D eigenvalue weighted by atomic mass is 9.74. The number of hydrogen-bond donors (Lipinski definition) is 1. The Morgan fingerprint density at radius 2 is 1.76 bits per heavy atom. The van der Waals surface area contributed by atoms with E-state index in [1.165, 1.54) is 7.11 Å². The molecule has 0 spiro atoms. The number of aromatic nitrogens is 1. The van der Waals surface area contributed by atoms with Gasteiger partial charge in [0.1, 0.15) is 17.7 Å². The molecule has 1 saturated heterocycles. The van der Waals surface area contributed by atoms with Crippen LogP contribution in [0.2, 0.25) is 0 Å². The fraction of sp³-hybridized carbons (Fsp3) is 0.464. The second kappa shape index (κ2) is 11.7. The quantitative estimate of drug-likeness (QED) is 0.251. The first kappa shape index (κ1) is 27.3. The Bertz CT molecular complexity index is 1210. The lowest BCUT2D eigenvalue weighted by molar-refractivity contribution is 0.0298. The van der Waals surface area contributed by atoms with Crippen molar-refractivity contribution in [2.24, 2.45) is 5.41 Å². The fourth-order valence-electron chi connectivity index (χ4n) is 5.19. The maximum absolute atomic E-state index is 15.4. The van der Waals surface area contributed by atoms with Crippen LogP contribution in [0.5, 0.6) is 5.75 Å². The van der Waals surface area contributed by atoms with Crippen LogP contribution in [0.15, 0.2) is 36.5 Å². The van der Waals surface area contributed by atoms with E-state index >= 15 is 4.39 Å². The molecule has 1 aliphatic rings. The number of pyridine rings is 1. The minimum absolute atomic E-state index is 0.0388. The van der Waals surface area contributed by atoms with Gasteiger partial charge < -0.3 is 14.7 Å². The number of aryl methyl sites for hydroxylation is 1. The summed E-state index contributed by atoms with van der Waals surface area (Å²) in [6.45, 7) is 1.97. The van der Waals surface area contributed by atoms with Crippen LogP contribution in [0.4, 0.5) is 22.0 Å². The number of methoxy groups -OCH3 is 1. The van der Waals surface area contributed by atoms with E-state index in [9.17, 15) is 22.7 Å². The van der Waals surface area contributed by atoms with Crippen LogP contribution < -0.4 is 4.74 Å². The van der Waals surface area contributed by atoms with Crippen LogP contribution in [0.25, 0.3) is 10.9 Å². The number of aliphatic hydroxyl groups is 1. The highest BCUT2D eigenvalue weighted by atomic mass is 19.2. The first-order valence-electron chi connectivity index (χ1n) is 12.5. The van der Waals surface area contributed by atoms with E-state index in [4.69, 9.17) is 4.74 Å².